The highest BCUT2D eigenvalue weighted by atomic mass is 79.9. The van der Waals surface area contributed by atoms with Gasteiger partial charge in [0, 0.05) is 22.6 Å². The van der Waals surface area contributed by atoms with Gasteiger partial charge in [0.1, 0.15) is 5.75 Å². The Bertz CT molecular complexity index is 371. The fourth-order valence-electron chi connectivity index (χ4n) is 1.71. The molecule has 0 amide bonds. The van der Waals surface area contributed by atoms with Crippen molar-refractivity contribution in [3.8, 4) is 5.75 Å². The van der Waals surface area contributed by atoms with Crippen molar-refractivity contribution in [2.45, 2.75) is 40.2 Å². The molecule has 1 aromatic rings. The Morgan fingerprint density at radius 3 is 2.53 bits per heavy atom. The molecule has 17 heavy (non-hydrogen) atoms. The van der Waals surface area contributed by atoms with Gasteiger partial charge in [0.25, 0.3) is 0 Å². The highest BCUT2D eigenvalue weighted by Crippen LogP contribution is 2.29. The zero-order valence-corrected chi connectivity index (χ0v) is 12.6. The maximum atomic E-state index is 9.91. The second kappa shape index (κ2) is 5.87. The maximum Gasteiger partial charge on any atom is 0.120 e. The zero-order chi connectivity index (χ0) is 13.1. The van der Waals surface area contributed by atoms with Crippen LogP contribution in [0.2, 0.25) is 0 Å². The third-order valence-electron chi connectivity index (χ3n) is 2.65. The molecule has 3 heteroatoms. The molecule has 1 rings (SSSR count). The van der Waals surface area contributed by atoms with E-state index in [-0.39, 0.29) is 11.5 Å². The van der Waals surface area contributed by atoms with Gasteiger partial charge in [-0.1, -0.05) is 43.6 Å². The largest absolute Gasteiger partial charge is 0.508 e. The molecule has 0 saturated heterocycles. The minimum Gasteiger partial charge on any atom is -0.508 e. The van der Waals surface area contributed by atoms with Gasteiger partial charge in [-0.05, 0) is 30.0 Å². The monoisotopic (exact) mass is 299 g/mol. The molecule has 0 spiro atoms. The molecule has 0 aliphatic carbocycles. The van der Waals surface area contributed by atoms with Crippen molar-refractivity contribution in [3.05, 3.63) is 28.2 Å². The van der Waals surface area contributed by atoms with Crippen LogP contribution in [0.5, 0.6) is 5.75 Å². The van der Waals surface area contributed by atoms with E-state index in [0.717, 1.165) is 23.0 Å². The highest BCUT2D eigenvalue weighted by Gasteiger charge is 2.17. The van der Waals surface area contributed by atoms with E-state index in [1.807, 2.05) is 12.1 Å². The number of phenols is 1. The molecule has 0 aromatic heterocycles. The van der Waals surface area contributed by atoms with Crippen LogP contribution >= 0.6 is 15.9 Å². The van der Waals surface area contributed by atoms with Crippen LogP contribution in [0.15, 0.2) is 22.7 Å². The quantitative estimate of drug-likeness (QED) is 0.871. The second-order valence-corrected chi connectivity index (χ2v) is 6.52. The molecule has 1 unspecified atom stereocenters. The van der Waals surface area contributed by atoms with E-state index in [2.05, 4.69) is 48.9 Å². The van der Waals surface area contributed by atoms with Gasteiger partial charge in [-0.15, -0.1) is 0 Å². The molecule has 2 nitrogen and oxygen atoms in total. The number of halogens is 1. The molecule has 1 aromatic carbocycles. The summed E-state index contributed by atoms with van der Waals surface area (Å²) in [7, 11) is 0. The Labute approximate surface area is 113 Å². The summed E-state index contributed by atoms with van der Waals surface area (Å²) in [6, 6.07) is 5.78. The number of benzene rings is 1. The van der Waals surface area contributed by atoms with Gasteiger partial charge in [-0.3, -0.25) is 0 Å². The fraction of sp³-hybridized carbons (Fsp3) is 0.571. The van der Waals surface area contributed by atoms with Crippen molar-refractivity contribution in [2.75, 3.05) is 6.54 Å². The Hall–Kier alpha value is -0.540. The van der Waals surface area contributed by atoms with E-state index < -0.39 is 0 Å². The van der Waals surface area contributed by atoms with Gasteiger partial charge in [-0.2, -0.15) is 0 Å². The Kier molecular flexibility index (Phi) is 5.02. The van der Waals surface area contributed by atoms with Gasteiger partial charge >= 0.3 is 0 Å². The predicted octanol–water partition coefficient (Wildman–Crippen LogP) is 4.24. The number of nitrogens with one attached hydrogen (secondary N) is 1. The second-order valence-electron chi connectivity index (χ2n) is 5.61. The lowest BCUT2D eigenvalue weighted by Gasteiger charge is -2.25. The minimum atomic E-state index is 0.201. The zero-order valence-electron chi connectivity index (χ0n) is 11.0. The lowest BCUT2D eigenvalue weighted by Crippen LogP contribution is -2.30. The lowest BCUT2D eigenvalue weighted by atomic mass is 9.95. The smallest absolute Gasteiger partial charge is 0.120 e. The van der Waals surface area contributed by atoms with Crippen LogP contribution in [0.25, 0.3) is 0 Å². The first-order chi connectivity index (χ1) is 7.83. The molecule has 0 saturated carbocycles. The number of aromatic hydroxyl groups is 1. The average molecular weight is 300 g/mol. The summed E-state index contributed by atoms with van der Waals surface area (Å²) >= 11 is 3.45. The van der Waals surface area contributed by atoms with Gasteiger partial charge in [0.2, 0.25) is 0 Å². The van der Waals surface area contributed by atoms with E-state index in [0.29, 0.717) is 5.75 Å². The Morgan fingerprint density at radius 2 is 2.00 bits per heavy atom. The van der Waals surface area contributed by atoms with E-state index in [4.69, 9.17) is 0 Å². The van der Waals surface area contributed by atoms with Gasteiger partial charge < -0.3 is 10.4 Å². The van der Waals surface area contributed by atoms with E-state index in [1.54, 1.807) is 6.07 Å². The van der Waals surface area contributed by atoms with Gasteiger partial charge in [0.15, 0.2) is 0 Å². The molecule has 0 radical (unpaired) electrons. The molecule has 0 aliphatic heterocycles. The van der Waals surface area contributed by atoms with Crippen LogP contribution in [0.4, 0.5) is 0 Å². The van der Waals surface area contributed by atoms with Crippen molar-refractivity contribution >= 4 is 15.9 Å². The van der Waals surface area contributed by atoms with E-state index in [1.165, 1.54) is 0 Å². The molecule has 0 heterocycles. The highest BCUT2D eigenvalue weighted by molar-refractivity contribution is 9.10. The Morgan fingerprint density at radius 1 is 1.35 bits per heavy atom. The summed E-state index contributed by atoms with van der Waals surface area (Å²) in [5.41, 5.74) is 1.21. The topological polar surface area (TPSA) is 32.3 Å². The molecular weight excluding hydrogens is 278 g/mol. The van der Waals surface area contributed by atoms with E-state index in [9.17, 15) is 5.11 Å². The summed E-state index contributed by atoms with van der Waals surface area (Å²) in [6.45, 7) is 9.66. The summed E-state index contributed by atoms with van der Waals surface area (Å²) in [5.74, 6) is 0.362. The predicted molar refractivity (Wildman–Crippen MR) is 76.3 cm³/mol. The van der Waals surface area contributed by atoms with Crippen LogP contribution in [0.1, 0.15) is 45.7 Å². The Balaban J connectivity index is 2.82. The molecular formula is C14H22BrNO. The van der Waals surface area contributed by atoms with Gasteiger partial charge in [0.05, 0.1) is 0 Å². The first-order valence-electron chi connectivity index (χ1n) is 6.05. The van der Waals surface area contributed by atoms with Crippen molar-refractivity contribution in [1.29, 1.82) is 0 Å². The number of rotatable bonds is 4. The first kappa shape index (κ1) is 14.5. The number of hydrogen-bond acceptors (Lipinski definition) is 2. The van der Waals surface area contributed by atoms with Gasteiger partial charge in [-0.25, -0.2) is 0 Å². The van der Waals surface area contributed by atoms with Crippen molar-refractivity contribution in [3.63, 3.8) is 0 Å². The first-order valence-corrected chi connectivity index (χ1v) is 6.84. The van der Waals surface area contributed by atoms with E-state index >= 15 is 0 Å². The lowest BCUT2D eigenvalue weighted by molar-refractivity contribution is 0.344. The fourth-order valence-corrected chi connectivity index (χ4v) is 2.09. The van der Waals surface area contributed by atoms with Crippen LogP contribution in [0.3, 0.4) is 0 Å². The van der Waals surface area contributed by atoms with Crippen LogP contribution in [-0.2, 0) is 0 Å². The summed E-state index contributed by atoms with van der Waals surface area (Å²) < 4.78 is 1.00. The summed E-state index contributed by atoms with van der Waals surface area (Å²) in [6.07, 6.45) is 0.958. The van der Waals surface area contributed by atoms with Crippen LogP contribution in [0, 0.1) is 5.41 Å². The van der Waals surface area contributed by atoms with Crippen molar-refractivity contribution < 1.29 is 5.11 Å². The normalized spacial score (nSPS) is 13.7. The SMILES string of the molecule is CCC(NCC(C)(C)C)c1cc(Br)ccc1O. The molecule has 0 fully saturated rings. The molecule has 1 atom stereocenters. The van der Waals surface area contributed by atoms with Crippen molar-refractivity contribution in [1.82, 2.24) is 5.32 Å². The third kappa shape index (κ3) is 4.68. The average Bonchev–Trinajstić information content (AvgIpc) is 2.22. The summed E-state index contributed by atoms with van der Waals surface area (Å²) in [5, 5.41) is 13.4. The van der Waals surface area contributed by atoms with Crippen molar-refractivity contribution in [2.24, 2.45) is 5.41 Å². The summed E-state index contributed by atoms with van der Waals surface area (Å²) in [4.78, 5) is 0. The molecule has 2 N–H and O–H groups in total. The van der Waals surface area contributed by atoms with Crippen LogP contribution < -0.4 is 5.32 Å². The number of hydrogen-bond donors (Lipinski definition) is 2. The molecule has 0 aliphatic rings. The molecule has 0 bridgehead atoms. The maximum absolute atomic E-state index is 9.91. The number of phenolic OH excluding ortho intramolecular Hbond substituents is 1. The third-order valence-corrected chi connectivity index (χ3v) is 3.15. The standard InChI is InChI=1S/C14H22BrNO/c1-5-12(16-9-14(2,3)4)11-8-10(15)6-7-13(11)17/h6-8,12,16-17H,5,9H2,1-4H3. The minimum absolute atomic E-state index is 0.201. The van der Waals surface area contributed by atoms with Crippen LogP contribution in [-0.4, -0.2) is 11.7 Å². The molecule has 96 valence electrons.